The molecule has 134 valence electrons. The van der Waals surface area contributed by atoms with Gasteiger partial charge in [0.2, 0.25) is 5.91 Å². The molecule has 0 atom stereocenters. The summed E-state index contributed by atoms with van der Waals surface area (Å²) in [4.78, 5) is 26.9. The molecular weight excluding hydrogens is 332 g/mol. The van der Waals surface area contributed by atoms with E-state index in [0.29, 0.717) is 6.54 Å². The first-order valence-electron chi connectivity index (χ1n) is 8.76. The second kappa shape index (κ2) is 10.1. The van der Waals surface area contributed by atoms with Gasteiger partial charge in [-0.25, -0.2) is 0 Å². The van der Waals surface area contributed by atoms with Crippen LogP contribution in [0.25, 0.3) is 0 Å². The zero-order chi connectivity index (χ0) is 18.1. The molecule has 1 aromatic carbocycles. The minimum absolute atomic E-state index is 0.0332. The van der Waals surface area contributed by atoms with Crippen LogP contribution in [-0.2, 0) is 17.9 Å². The summed E-state index contributed by atoms with van der Waals surface area (Å²) in [6.45, 7) is 7.85. The SMILES string of the molecule is CCN(CC)Cc1ccc(CNC(=O)CCC(=O)c2cccs2)cc1. The van der Waals surface area contributed by atoms with Crippen molar-refractivity contribution in [2.24, 2.45) is 0 Å². The van der Waals surface area contributed by atoms with E-state index < -0.39 is 0 Å². The number of carbonyl (C=O) groups excluding carboxylic acids is 2. The molecule has 0 aliphatic heterocycles. The molecule has 5 heteroatoms. The maximum Gasteiger partial charge on any atom is 0.220 e. The van der Waals surface area contributed by atoms with Crippen molar-refractivity contribution in [1.82, 2.24) is 10.2 Å². The number of hydrogen-bond donors (Lipinski definition) is 1. The van der Waals surface area contributed by atoms with Gasteiger partial charge in [-0.15, -0.1) is 11.3 Å². The number of amides is 1. The predicted molar refractivity (Wildman–Crippen MR) is 103 cm³/mol. The molecule has 0 radical (unpaired) electrons. The topological polar surface area (TPSA) is 49.4 Å². The van der Waals surface area contributed by atoms with Crippen molar-refractivity contribution in [3.63, 3.8) is 0 Å². The molecule has 0 saturated carbocycles. The fourth-order valence-electron chi connectivity index (χ4n) is 2.54. The van der Waals surface area contributed by atoms with Crippen LogP contribution in [0.4, 0.5) is 0 Å². The largest absolute Gasteiger partial charge is 0.352 e. The molecule has 4 nitrogen and oxygen atoms in total. The van der Waals surface area contributed by atoms with E-state index in [9.17, 15) is 9.59 Å². The van der Waals surface area contributed by atoms with Crippen LogP contribution in [-0.4, -0.2) is 29.7 Å². The molecule has 0 bridgehead atoms. The second-order valence-electron chi connectivity index (χ2n) is 5.96. The smallest absolute Gasteiger partial charge is 0.220 e. The molecule has 1 heterocycles. The number of nitrogens with one attached hydrogen (secondary N) is 1. The lowest BCUT2D eigenvalue weighted by Gasteiger charge is -2.18. The first-order chi connectivity index (χ1) is 12.1. The minimum atomic E-state index is -0.0860. The number of benzene rings is 1. The highest BCUT2D eigenvalue weighted by Gasteiger charge is 2.10. The van der Waals surface area contributed by atoms with Gasteiger partial charge in [0.05, 0.1) is 4.88 Å². The lowest BCUT2D eigenvalue weighted by atomic mass is 10.1. The molecule has 2 aromatic rings. The number of thiophene rings is 1. The van der Waals surface area contributed by atoms with Crippen molar-refractivity contribution < 1.29 is 9.59 Å². The van der Waals surface area contributed by atoms with Crippen molar-refractivity contribution >= 4 is 23.0 Å². The van der Waals surface area contributed by atoms with E-state index in [4.69, 9.17) is 0 Å². The maximum absolute atomic E-state index is 11.9. The van der Waals surface area contributed by atoms with Crippen LogP contribution in [0.2, 0.25) is 0 Å². The normalized spacial score (nSPS) is 10.8. The lowest BCUT2D eigenvalue weighted by Crippen LogP contribution is -2.23. The summed E-state index contributed by atoms with van der Waals surface area (Å²) < 4.78 is 0. The third-order valence-corrected chi connectivity index (χ3v) is 5.10. The van der Waals surface area contributed by atoms with Crippen molar-refractivity contribution in [1.29, 1.82) is 0 Å². The first kappa shape index (κ1) is 19.3. The Morgan fingerprint density at radius 3 is 2.28 bits per heavy atom. The predicted octanol–water partition coefficient (Wildman–Crippen LogP) is 3.87. The van der Waals surface area contributed by atoms with E-state index in [2.05, 4.69) is 48.3 Å². The molecule has 0 fully saturated rings. The zero-order valence-electron chi connectivity index (χ0n) is 15.0. The number of rotatable bonds is 10. The van der Waals surface area contributed by atoms with Crippen LogP contribution in [0.5, 0.6) is 0 Å². The summed E-state index contributed by atoms with van der Waals surface area (Å²) >= 11 is 1.42. The number of nitrogens with zero attached hydrogens (tertiary/aromatic N) is 1. The van der Waals surface area contributed by atoms with Crippen LogP contribution in [0, 0.1) is 0 Å². The third kappa shape index (κ3) is 6.44. The molecule has 0 aliphatic carbocycles. The van der Waals surface area contributed by atoms with Gasteiger partial charge < -0.3 is 5.32 Å². The van der Waals surface area contributed by atoms with Crippen molar-refractivity contribution in [2.75, 3.05) is 13.1 Å². The Kier molecular flexibility index (Phi) is 7.82. The summed E-state index contributed by atoms with van der Waals surface area (Å²) in [6.07, 6.45) is 0.492. The quantitative estimate of drug-likeness (QED) is 0.656. The molecule has 1 aromatic heterocycles. The van der Waals surface area contributed by atoms with Crippen molar-refractivity contribution in [3.05, 3.63) is 57.8 Å². The molecule has 1 amide bonds. The van der Waals surface area contributed by atoms with Gasteiger partial charge in [0.25, 0.3) is 0 Å². The van der Waals surface area contributed by atoms with Crippen molar-refractivity contribution in [3.8, 4) is 0 Å². The fourth-order valence-corrected chi connectivity index (χ4v) is 3.24. The average Bonchev–Trinajstić information content (AvgIpc) is 3.18. The summed E-state index contributed by atoms with van der Waals surface area (Å²) in [7, 11) is 0. The summed E-state index contributed by atoms with van der Waals surface area (Å²) in [5.74, 6) is -0.0528. The summed E-state index contributed by atoms with van der Waals surface area (Å²) in [5, 5.41) is 4.76. The van der Waals surface area contributed by atoms with E-state index in [1.54, 1.807) is 6.07 Å². The molecule has 0 unspecified atom stereocenters. The highest BCUT2D eigenvalue weighted by Crippen LogP contribution is 2.12. The van der Waals surface area contributed by atoms with E-state index in [1.165, 1.54) is 16.9 Å². The molecular formula is C20H26N2O2S. The standard InChI is InChI=1S/C20H26N2O2S/c1-3-22(4-2)15-17-9-7-16(8-10-17)14-21-20(24)12-11-18(23)19-6-5-13-25-19/h5-10,13H,3-4,11-12,14-15H2,1-2H3,(H,21,24). The second-order valence-corrected chi connectivity index (χ2v) is 6.90. The minimum Gasteiger partial charge on any atom is -0.352 e. The summed E-state index contributed by atoms with van der Waals surface area (Å²) in [6, 6.07) is 12.0. The lowest BCUT2D eigenvalue weighted by molar-refractivity contribution is -0.121. The molecule has 0 spiro atoms. The molecule has 25 heavy (non-hydrogen) atoms. The average molecular weight is 359 g/mol. The van der Waals surface area contributed by atoms with E-state index in [0.717, 1.165) is 30.1 Å². The van der Waals surface area contributed by atoms with E-state index >= 15 is 0 Å². The van der Waals surface area contributed by atoms with Gasteiger partial charge in [-0.05, 0) is 35.7 Å². The van der Waals surface area contributed by atoms with Gasteiger partial charge in [-0.2, -0.15) is 0 Å². The van der Waals surface area contributed by atoms with Crippen LogP contribution >= 0.6 is 11.3 Å². The zero-order valence-corrected chi connectivity index (χ0v) is 15.8. The Morgan fingerprint density at radius 1 is 1.00 bits per heavy atom. The first-order valence-corrected chi connectivity index (χ1v) is 9.64. The van der Waals surface area contributed by atoms with Gasteiger partial charge in [0.1, 0.15) is 0 Å². The monoisotopic (exact) mass is 358 g/mol. The Hall–Kier alpha value is -1.98. The molecule has 2 rings (SSSR count). The summed E-state index contributed by atoms with van der Waals surface area (Å²) in [5.41, 5.74) is 2.35. The molecule has 1 N–H and O–H groups in total. The Labute approximate surface area is 153 Å². The fraction of sp³-hybridized carbons (Fsp3) is 0.400. The van der Waals surface area contributed by atoms with Gasteiger partial charge in [-0.3, -0.25) is 14.5 Å². The van der Waals surface area contributed by atoms with Crippen LogP contribution < -0.4 is 5.32 Å². The van der Waals surface area contributed by atoms with E-state index in [-0.39, 0.29) is 24.5 Å². The third-order valence-electron chi connectivity index (χ3n) is 4.19. The van der Waals surface area contributed by atoms with Gasteiger partial charge >= 0.3 is 0 Å². The van der Waals surface area contributed by atoms with E-state index in [1.807, 2.05) is 11.4 Å². The van der Waals surface area contributed by atoms with Gasteiger partial charge in [-0.1, -0.05) is 44.2 Å². The van der Waals surface area contributed by atoms with Crippen LogP contribution in [0.15, 0.2) is 41.8 Å². The van der Waals surface area contributed by atoms with Crippen LogP contribution in [0.3, 0.4) is 0 Å². The number of Topliss-reactive ketones (excluding diaryl/α,β-unsaturated/α-hetero) is 1. The maximum atomic E-state index is 11.9. The number of carbonyl (C=O) groups is 2. The van der Waals surface area contributed by atoms with Gasteiger partial charge in [0, 0.05) is 25.9 Å². The Balaban J connectivity index is 1.73. The van der Waals surface area contributed by atoms with Crippen LogP contribution in [0.1, 0.15) is 47.5 Å². The number of ketones is 1. The highest BCUT2D eigenvalue weighted by atomic mass is 32.1. The molecule has 0 saturated heterocycles. The molecule has 0 aliphatic rings. The number of hydrogen-bond acceptors (Lipinski definition) is 4. The van der Waals surface area contributed by atoms with Gasteiger partial charge in [0.15, 0.2) is 5.78 Å². The Bertz CT molecular complexity index is 662. The highest BCUT2D eigenvalue weighted by molar-refractivity contribution is 7.12. The van der Waals surface area contributed by atoms with Crippen molar-refractivity contribution in [2.45, 2.75) is 39.8 Å². The Morgan fingerprint density at radius 2 is 1.68 bits per heavy atom.